The Kier molecular flexibility index (Phi) is 5.08. The lowest BCUT2D eigenvalue weighted by molar-refractivity contribution is -0.160. The Labute approximate surface area is 101 Å². The third-order valence-corrected chi connectivity index (χ3v) is 4.17. The second-order valence-electron chi connectivity index (χ2n) is 4.51. The van der Waals surface area contributed by atoms with E-state index in [0.29, 0.717) is 11.3 Å². The molecule has 0 heterocycles. The molecule has 0 radical (unpaired) electrons. The molecule has 3 atom stereocenters. The van der Waals surface area contributed by atoms with Crippen LogP contribution in [0.15, 0.2) is 0 Å². The van der Waals surface area contributed by atoms with E-state index in [2.05, 4.69) is 16.3 Å². The van der Waals surface area contributed by atoms with Gasteiger partial charge in [0.05, 0.1) is 7.11 Å². The zero-order valence-electron chi connectivity index (χ0n) is 10.2. The van der Waals surface area contributed by atoms with E-state index < -0.39 is 11.6 Å². The van der Waals surface area contributed by atoms with Gasteiger partial charge >= 0.3 is 5.97 Å². The van der Waals surface area contributed by atoms with Crippen LogP contribution in [-0.2, 0) is 9.53 Å². The smallest absolute Gasteiger partial charge is 0.338 e. The molecule has 0 aromatic heterocycles. The fourth-order valence-corrected chi connectivity index (χ4v) is 2.77. The molecule has 0 aromatic carbocycles. The highest BCUT2D eigenvalue weighted by Gasteiger charge is 2.33. The second-order valence-corrected chi connectivity index (χ2v) is 5.65. The quantitative estimate of drug-likeness (QED) is 0.703. The van der Waals surface area contributed by atoms with Gasteiger partial charge in [-0.25, -0.2) is 4.79 Å². The van der Waals surface area contributed by atoms with Crippen molar-refractivity contribution in [3.05, 3.63) is 0 Å². The second kappa shape index (κ2) is 5.89. The van der Waals surface area contributed by atoms with Gasteiger partial charge in [0, 0.05) is 17.8 Å². The van der Waals surface area contributed by atoms with Crippen molar-refractivity contribution in [2.24, 2.45) is 0 Å². The van der Waals surface area contributed by atoms with Gasteiger partial charge in [-0.2, -0.15) is 11.8 Å². The predicted molar refractivity (Wildman–Crippen MR) is 65.6 cm³/mol. The standard InChI is InChI=1S/C11H21NO3S/c1-11(14,10(13)15-2)7-12-8-4-5-9(6-8)16-3/h8-9,12,14H,4-7H2,1-3H3. The number of hydrogen-bond acceptors (Lipinski definition) is 5. The van der Waals surface area contributed by atoms with E-state index in [9.17, 15) is 9.90 Å². The molecule has 5 heteroatoms. The lowest BCUT2D eigenvalue weighted by Crippen LogP contribution is -2.48. The first-order chi connectivity index (χ1) is 7.49. The van der Waals surface area contributed by atoms with Gasteiger partial charge in [-0.15, -0.1) is 0 Å². The Balaban J connectivity index is 2.32. The van der Waals surface area contributed by atoms with Gasteiger partial charge in [0.2, 0.25) is 0 Å². The van der Waals surface area contributed by atoms with E-state index in [1.165, 1.54) is 20.5 Å². The van der Waals surface area contributed by atoms with E-state index in [1.807, 2.05) is 11.8 Å². The number of aliphatic hydroxyl groups is 1. The fourth-order valence-electron chi connectivity index (χ4n) is 1.97. The van der Waals surface area contributed by atoms with Crippen molar-refractivity contribution in [3.8, 4) is 0 Å². The molecular formula is C11H21NO3S. The van der Waals surface area contributed by atoms with Crippen LogP contribution in [-0.4, -0.2) is 47.9 Å². The normalized spacial score (nSPS) is 28.8. The van der Waals surface area contributed by atoms with Crippen molar-refractivity contribution in [2.45, 2.75) is 43.1 Å². The predicted octanol–water partition coefficient (Wildman–Crippen LogP) is 0.784. The molecule has 2 N–H and O–H groups in total. The highest BCUT2D eigenvalue weighted by molar-refractivity contribution is 7.99. The maximum Gasteiger partial charge on any atom is 0.338 e. The average Bonchev–Trinajstić information content (AvgIpc) is 2.73. The van der Waals surface area contributed by atoms with Crippen LogP contribution >= 0.6 is 11.8 Å². The Morgan fingerprint density at radius 1 is 1.62 bits per heavy atom. The Bertz CT molecular complexity index is 245. The monoisotopic (exact) mass is 247 g/mol. The third kappa shape index (κ3) is 3.64. The van der Waals surface area contributed by atoms with Crippen LogP contribution in [0, 0.1) is 0 Å². The first-order valence-corrected chi connectivity index (χ1v) is 6.85. The summed E-state index contributed by atoms with van der Waals surface area (Å²) in [6, 6.07) is 0.411. The molecule has 4 nitrogen and oxygen atoms in total. The van der Waals surface area contributed by atoms with Crippen LogP contribution < -0.4 is 5.32 Å². The summed E-state index contributed by atoms with van der Waals surface area (Å²) in [5.74, 6) is -0.584. The molecule has 0 bridgehead atoms. The summed E-state index contributed by atoms with van der Waals surface area (Å²) in [7, 11) is 1.29. The van der Waals surface area contributed by atoms with E-state index in [-0.39, 0.29) is 6.54 Å². The molecule has 3 unspecified atom stereocenters. The Morgan fingerprint density at radius 3 is 2.81 bits per heavy atom. The minimum absolute atomic E-state index is 0.255. The molecule has 1 aliphatic carbocycles. The van der Waals surface area contributed by atoms with Gasteiger partial charge in [-0.05, 0) is 32.4 Å². The van der Waals surface area contributed by atoms with Crippen molar-refractivity contribution in [3.63, 3.8) is 0 Å². The number of methoxy groups -OCH3 is 1. The summed E-state index contributed by atoms with van der Waals surface area (Å²) >= 11 is 1.89. The highest BCUT2D eigenvalue weighted by atomic mass is 32.2. The first-order valence-electron chi connectivity index (χ1n) is 5.56. The van der Waals surface area contributed by atoms with Gasteiger partial charge in [-0.1, -0.05) is 0 Å². The average molecular weight is 247 g/mol. The van der Waals surface area contributed by atoms with Crippen LogP contribution in [0.4, 0.5) is 0 Å². The summed E-state index contributed by atoms with van der Waals surface area (Å²) in [4.78, 5) is 11.2. The van der Waals surface area contributed by atoms with Crippen molar-refractivity contribution in [1.82, 2.24) is 5.32 Å². The molecule has 94 valence electrons. The zero-order chi connectivity index (χ0) is 12.2. The van der Waals surface area contributed by atoms with Crippen LogP contribution in [0.5, 0.6) is 0 Å². The molecule has 1 rings (SSSR count). The van der Waals surface area contributed by atoms with E-state index >= 15 is 0 Å². The van der Waals surface area contributed by atoms with Crippen LogP contribution in [0.25, 0.3) is 0 Å². The third-order valence-electron chi connectivity index (χ3n) is 3.08. The van der Waals surface area contributed by atoms with Crippen molar-refractivity contribution in [1.29, 1.82) is 0 Å². The van der Waals surface area contributed by atoms with Gasteiger partial charge in [0.25, 0.3) is 0 Å². The fraction of sp³-hybridized carbons (Fsp3) is 0.909. The molecule has 0 spiro atoms. The lowest BCUT2D eigenvalue weighted by Gasteiger charge is -2.23. The number of nitrogens with one attached hydrogen (secondary N) is 1. The van der Waals surface area contributed by atoms with E-state index in [1.54, 1.807) is 0 Å². The van der Waals surface area contributed by atoms with Crippen LogP contribution in [0.2, 0.25) is 0 Å². The van der Waals surface area contributed by atoms with E-state index in [4.69, 9.17) is 0 Å². The highest BCUT2D eigenvalue weighted by Crippen LogP contribution is 2.28. The van der Waals surface area contributed by atoms with Crippen molar-refractivity contribution >= 4 is 17.7 Å². The molecule has 1 saturated carbocycles. The van der Waals surface area contributed by atoms with Gasteiger partial charge in [-0.3, -0.25) is 0 Å². The minimum atomic E-state index is -1.42. The van der Waals surface area contributed by atoms with Crippen molar-refractivity contribution < 1.29 is 14.6 Å². The van der Waals surface area contributed by atoms with Crippen LogP contribution in [0.1, 0.15) is 26.2 Å². The number of thioether (sulfide) groups is 1. The number of rotatable bonds is 5. The summed E-state index contributed by atoms with van der Waals surface area (Å²) in [5, 5.41) is 13.8. The Hall–Kier alpha value is -0.260. The zero-order valence-corrected chi connectivity index (χ0v) is 11.0. The number of hydrogen-bond donors (Lipinski definition) is 2. The summed E-state index contributed by atoms with van der Waals surface area (Å²) in [5.41, 5.74) is -1.42. The largest absolute Gasteiger partial charge is 0.467 e. The maximum absolute atomic E-state index is 11.2. The molecule has 16 heavy (non-hydrogen) atoms. The molecule has 0 saturated heterocycles. The summed E-state index contributed by atoms with van der Waals surface area (Å²) < 4.78 is 4.54. The first kappa shape index (κ1) is 13.8. The summed E-state index contributed by atoms with van der Waals surface area (Å²) in [6.07, 6.45) is 5.55. The molecule has 1 aliphatic rings. The Morgan fingerprint density at radius 2 is 2.31 bits per heavy atom. The maximum atomic E-state index is 11.2. The van der Waals surface area contributed by atoms with Crippen molar-refractivity contribution in [2.75, 3.05) is 19.9 Å². The number of esters is 1. The minimum Gasteiger partial charge on any atom is -0.467 e. The van der Waals surface area contributed by atoms with Crippen LogP contribution in [0.3, 0.4) is 0 Å². The number of carbonyl (C=O) groups is 1. The van der Waals surface area contributed by atoms with Gasteiger partial charge in [0.15, 0.2) is 5.60 Å². The van der Waals surface area contributed by atoms with Gasteiger partial charge in [0.1, 0.15) is 0 Å². The molecule has 0 aliphatic heterocycles. The molecule has 0 aromatic rings. The number of carbonyl (C=O) groups excluding carboxylic acids is 1. The SMILES string of the molecule is COC(=O)C(C)(O)CNC1CCC(SC)C1. The molecular weight excluding hydrogens is 226 g/mol. The lowest BCUT2D eigenvalue weighted by atomic mass is 10.1. The number of ether oxygens (including phenoxy) is 1. The van der Waals surface area contributed by atoms with Gasteiger partial charge < -0.3 is 15.2 Å². The topological polar surface area (TPSA) is 58.6 Å². The molecule has 0 amide bonds. The van der Waals surface area contributed by atoms with E-state index in [0.717, 1.165) is 12.8 Å². The molecule has 1 fully saturated rings. The summed E-state index contributed by atoms with van der Waals surface area (Å²) in [6.45, 7) is 1.73.